The predicted molar refractivity (Wildman–Crippen MR) is 84.2 cm³/mol. The quantitative estimate of drug-likeness (QED) is 0.845. The second-order valence-corrected chi connectivity index (χ2v) is 5.87. The predicted octanol–water partition coefficient (Wildman–Crippen LogP) is 2.33. The van der Waals surface area contributed by atoms with Crippen LogP contribution in [0.15, 0.2) is 24.3 Å². The molecule has 19 heavy (non-hydrogen) atoms. The number of rotatable bonds is 6. The van der Waals surface area contributed by atoms with Gasteiger partial charge in [0.1, 0.15) is 0 Å². The van der Waals surface area contributed by atoms with Crippen molar-refractivity contribution in [2.75, 3.05) is 25.4 Å². The molecule has 0 aliphatic carbocycles. The van der Waals surface area contributed by atoms with Gasteiger partial charge in [0.2, 0.25) is 5.91 Å². The highest BCUT2D eigenvalue weighted by molar-refractivity contribution is 7.99. The van der Waals surface area contributed by atoms with Crippen molar-refractivity contribution in [3.05, 3.63) is 34.9 Å². The molecule has 1 amide bonds. The van der Waals surface area contributed by atoms with Gasteiger partial charge in [0.25, 0.3) is 0 Å². The molecule has 0 saturated carbocycles. The number of thioether (sulfide) groups is 1. The lowest BCUT2D eigenvalue weighted by Crippen LogP contribution is -2.48. The van der Waals surface area contributed by atoms with E-state index in [0.717, 1.165) is 36.0 Å². The molecule has 0 atom stereocenters. The number of carbonyl (C=O) groups excluding carboxylic acids is 1. The van der Waals surface area contributed by atoms with Crippen LogP contribution in [0.4, 0.5) is 0 Å². The third kappa shape index (κ3) is 6.04. The highest BCUT2D eigenvalue weighted by Crippen LogP contribution is 2.16. The average Bonchev–Trinajstić information content (AvgIpc) is 2.27. The molecule has 0 spiro atoms. The van der Waals surface area contributed by atoms with Crippen LogP contribution in [-0.4, -0.2) is 31.3 Å². The van der Waals surface area contributed by atoms with Crippen molar-refractivity contribution < 1.29 is 4.79 Å². The topological polar surface area (TPSA) is 41.1 Å². The summed E-state index contributed by atoms with van der Waals surface area (Å²) in [5.41, 5.74) is 1.16. The van der Waals surface area contributed by atoms with Crippen molar-refractivity contribution in [1.29, 1.82) is 0 Å². The normalized spacial score (nSPS) is 14.4. The Labute approximate surface area is 129 Å². The molecule has 0 unspecified atom stereocenters. The van der Waals surface area contributed by atoms with Crippen LogP contribution < -0.4 is 10.6 Å². The fourth-order valence-electron chi connectivity index (χ4n) is 1.69. The molecule has 1 heterocycles. The summed E-state index contributed by atoms with van der Waals surface area (Å²) in [5.74, 6) is 2.06. The van der Waals surface area contributed by atoms with Gasteiger partial charge >= 0.3 is 0 Å². The zero-order chi connectivity index (χ0) is 12.8. The maximum Gasteiger partial charge on any atom is 0.230 e. The summed E-state index contributed by atoms with van der Waals surface area (Å²) in [6.07, 6.45) is 0. The Morgan fingerprint density at radius 2 is 2.26 bits per heavy atom. The zero-order valence-corrected chi connectivity index (χ0v) is 12.9. The fraction of sp³-hybridized carbons (Fsp3) is 0.462. The Balaban J connectivity index is 0.00000180. The van der Waals surface area contributed by atoms with Gasteiger partial charge in [-0.25, -0.2) is 0 Å². The number of nitrogens with one attached hydrogen (secondary N) is 2. The first-order valence-electron chi connectivity index (χ1n) is 6.03. The van der Waals surface area contributed by atoms with Gasteiger partial charge in [0.05, 0.1) is 5.75 Å². The zero-order valence-electron chi connectivity index (χ0n) is 10.5. The standard InChI is InChI=1S/C13H17ClN2OS.ClH/c14-12-3-1-2-10(4-12)8-18-9-13(17)16-7-11-5-15-6-11;/h1-4,11,15H,5-9H2,(H,16,17);1H. The minimum absolute atomic E-state index is 0. The lowest BCUT2D eigenvalue weighted by molar-refractivity contribution is -0.118. The molecule has 0 bridgehead atoms. The van der Waals surface area contributed by atoms with E-state index >= 15 is 0 Å². The Hall–Kier alpha value is -0.420. The maximum atomic E-state index is 11.6. The molecular weight excluding hydrogens is 303 g/mol. The minimum atomic E-state index is 0. The average molecular weight is 321 g/mol. The molecule has 6 heteroatoms. The number of carbonyl (C=O) groups is 1. The summed E-state index contributed by atoms with van der Waals surface area (Å²) in [5, 5.41) is 6.89. The number of hydrogen-bond donors (Lipinski definition) is 2. The fourth-order valence-corrected chi connectivity index (χ4v) is 2.71. The molecule has 1 aromatic carbocycles. The molecule has 3 nitrogen and oxygen atoms in total. The summed E-state index contributed by atoms with van der Waals surface area (Å²) in [6.45, 7) is 2.84. The van der Waals surface area contributed by atoms with Gasteiger partial charge in [-0.1, -0.05) is 23.7 Å². The lowest BCUT2D eigenvalue weighted by atomic mass is 10.0. The monoisotopic (exact) mass is 320 g/mol. The van der Waals surface area contributed by atoms with Crippen LogP contribution in [0.2, 0.25) is 5.02 Å². The molecule has 0 aromatic heterocycles. The molecular formula is C13H18Cl2N2OS. The summed E-state index contributed by atoms with van der Waals surface area (Å²) >= 11 is 7.51. The number of benzene rings is 1. The highest BCUT2D eigenvalue weighted by atomic mass is 35.5. The number of hydrogen-bond acceptors (Lipinski definition) is 3. The van der Waals surface area contributed by atoms with E-state index in [1.54, 1.807) is 11.8 Å². The van der Waals surface area contributed by atoms with E-state index in [-0.39, 0.29) is 18.3 Å². The first-order valence-corrected chi connectivity index (χ1v) is 7.57. The van der Waals surface area contributed by atoms with E-state index in [1.165, 1.54) is 0 Å². The van der Waals surface area contributed by atoms with Gasteiger partial charge in [-0.2, -0.15) is 0 Å². The van der Waals surface area contributed by atoms with Gasteiger partial charge in [0, 0.05) is 36.3 Å². The van der Waals surface area contributed by atoms with E-state index in [2.05, 4.69) is 10.6 Å². The van der Waals surface area contributed by atoms with Crippen LogP contribution in [0, 0.1) is 5.92 Å². The molecule has 106 valence electrons. The second kappa shape index (κ2) is 8.69. The van der Waals surface area contributed by atoms with Crippen molar-refractivity contribution >= 4 is 41.7 Å². The number of halogens is 2. The number of amides is 1. The third-order valence-electron chi connectivity index (χ3n) is 2.84. The first kappa shape index (κ1) is 16.6. The summed E-state index contributed by atoms with van der Waals surface area (Å²) in [4.78, 5) is 11.6. The van der Waals surface area contributed by atoms with Crippen molar-refractivity contribution in [3.63, 3.8) is 0 Å². The Bertz CT molecular complexity index is 413. The molecule has 2 N–H and O–H groups in total. The van der Waals surface area contributed by atoms with Crippen molar-refractivity contribution in [3.8, 4) is 0 Å². The molecule has 2 rings (SSSR count). The smallest absolute Gasteiger partial charge is 0.230 e. The maximum absolute atomic E-state index is 11.6. The summed E-state index contributed by atoms with van der Waals surface area (Å²) in [6, 6.07) is 7.75. The molecule has 0 radical (unpaired) electrons. The van der Waals surface area contributed by atoms with Crippen LogP contribution in [0.3, 0.4) is 0 Å². The summed E-state index contributed by atoms with van der Waals surface area (Å²) in [7, 11) is 0. The second-order valence-electron chi connectivity index (χ2n) is 4.45. The Morgan fingerprint density at radius 1 is 1.47 bits per heavy atom. The van der Waals surface area contributed by atoms with Crippen molar-refractivity contribution in [1.82, 2.24) is 10.6 Å². The van der Waals surface area contributed by atoms with Crippen molar-refractivity contribution in [2.45, 2.75) is 5.75 Å². The van der Waals surface area contributed by atoms with Crippen LogP contribution in [0.1, 0.15) is 5.56 Å². The first-order chi connectivity index (χ1) is 8.74. The summed E-state index contributed by atoms with van der Waals surface area (Å²) < 4.78 is 0. The largest absolute Gasteiger partial charge is 0.355 e. The van der Waals surface area contributed by atoms with E-state index < -0.39 is 0 Å². The SMILES string of the molecule is Cl.O=C(CSCc1cccc(Cl)c1)NCC1CNC1. The van der Waals surface area contributed by atoms with Gasteiger partial charge in [-0.15, -0.1) is 24.2 Å². The third-order valence-corrected chi connectivity index (χ3v) is 4.08. The molecule has 1 saturated heterocycles. The van der Waals surface area contributed by atoms with Crippen LogP contribution >= 0.6 is 35.8 Å². The molecule has 1 fully saturated rings. The van der Waals surface area contributed by atoms with Gasteiger partial charge < -0.3 is 10.6 Å². The molecule has 1 aliphatic heterocycles. The van der Waals surface area contributed by atoms with Gasteiger partial charge in [0.15, 0.2) is 0 Å². The van der Waals surface area contributed by atoms with E-state index in [0.29, 0.717) is 11.7 Å². The van der Waals surface area contributed by atoms with E-state index in [4.69, 9.17) is 11.6 Å². The van der Waals surface area contributed by atoms with Crippen LogP contribution in [0.5, 0.6) is 0 Å². The highest BCUT2D eigenvalue weighted by Gasteiger charge is 2.16. The van der Waals surface area contributed by atoms with E-state index in [9.17, 15) is 4.79 Å². The van der Waals surface area contributed by atoms with Gasteiger partial charge in [-0.05, 0) is 17.7 Å². The Morgan fingerprint density at radius 3 is 2.89 bits per heavy atom. The molecule has 1 aliphatic rings. The lowest BCUT2D eigenvalue weighted by Gasteiger charge is -2.27. The van der Waals surface area contributed by atoms with Crippen molar-refractivity contribution in [2.24, 2.45) is 5.92 Å². The Kier molecular flexibility index (Phi) is 7.61. The van der Waals surface area contributed by atoms with E-state index in [1.807, 2.05) is 24.3 Å². The molecule has 1 aromatic rings. The minimum Gasteiger partial charge on any atom is -0.355 e. The van der Waals surface area contributed by atoms with Gasteiger partial charge in [-0.3, -0.25) is 4.79 Å². The van der Waals surface area contributed by atoms with Crippen LogP contribution in [0.25, 0.3) is 0 Å². The van der Waals surface area contributed by atoms with Crippen LogP contribution in [-0.2, 0) is 10.5 Å².